The van der Waals surface area contributed by atoms with Crippen LogP contribution in [0.25, 0.3) is 0 Å². The van der Waals surface area contributed by atoms with Crippen LogP contribution in [0.4, 0.5) is 5.69 Å². The molecule has 1 fully saturated rings. The minimum atomic E-state index is 0.692. The maximum absolute atomic E-state index is 3.62. The Bertz CT molecular complexity index is 289. The molecule has 2 rings (SSSR count). The topological polar surface area (TPSA) is 12.0 Å². The van der Waals surface area contributed by atoms with Gasteiger partial charge < -0.3 is 5.32 Å². The van der Waals surface area contributed by atoms with Crippen LogP contribution in [0.15, 0.2) is 24.3 Å². The normalized spacial score (nSPS) is 26.4. The lowest BCUT2D eigenvalue weighted by Gasteiger charge is -2.18. The molecule has 0 amide bonds. The average Bonchev–Trinajstić information content (AvgIpc) is 2.56. The number of hydrogen-bond acceptors (Lipinski definition) is 1. The minimum absolute atomic E-state index is 0.692. The van der Waals surface area contributed by atoms with Gasteiger partial charge in [0.2, 0.25) is 0 Å². The third-order valence-corrected chi connectivity index (χ3v) is 3.27. The molecule has 1 nitrogen and oxygen atoms in total. The maximum Gasteiger partial charge on any atom is 0.0342 e. The molecule has 1 saturated carbocycles. The van der Waals surface area contributed by atoms with Crippen LogP contribution >= 0.6 is 0 Å². The first kappa shape index (κ1) is 9.57. The number of hydrogen-bond donors (Lipinski definition) is 1. The Labute approximate surface area is 86.5 Å². The summed E-state index contributed by atoms with van der Waals surface area (Å²) in [7, 11) is 0. The molecule has 0 heterocycles. The molecular weight excluding hydrogens is 170 g/mol. The van der Waals surface area contributed by atoms with Gasteiger partial charge >= 0.3 is 0 Å². The molecule has 0 spiro atoms. The molecule has 0 aromatic heterocycles. The molecule has 0 unspecified atom stereocenters. The highest BCUT2D eigenvalue weighted by Crippen LogP contribution is 2.27. The fraction of sp³-hybridized carbons (Fsp3) is 0.538. The first-order valence-electron chi connectivity index (χ1n) is 5.59. The molecule has 76 valence electrons. The summed E-state index contributed by atoms with van der Waals surface area (Å²) in [6, 6.07) is 9.39. The van der Waals surface area contributed by atoms with Gasteiger partial charge in [-0.15, -0.1) is 0 Å². The summed E-state index contributed by atoms with van der Waals surface area (Å²) in [5, 5.41) is 3.62. The second kappa shape index (κ2) is 4.04. The van der Waals surface area contributed by atoms with Crippen molar-refractivity contribution >= 4 is 5.69 Å². The molecule has 0 bridgehead atoms. The summed E-state index contributed by atoms with van der Waals surface area (Å²) in [6.45, 7) is 4.47. The van der Waals surface area contributed by atoms with Gasteiger partial charge in [0.15, 0.2) is 0 Å². The average molecular weight is 189 g/mol. The molecule has 1 aliphatic rings. The van der Waals surface area contributed by atoms with Crippen molar-refractivity contribution in [1.82, 2.24) is 0 Å². The van der Waals surface area contributed by atoms with Gasteiger partial charge in [0.1, 0.15) is 0 Å². The maximum atomic E-state index is 3.62. The Morgan fingerprint density at radius 1 is 1.14 bits per heavy atom. The Balaban J connectivity index is 2.00. The van der Waals surface area contributed by atoms with Crippen LogP contribution in [0.3, 0.4) is 0 Å². The van der Waals surface area contributed by atoms with E-state index >= 15 is 0 Å². The van der Waals surface area contributed by atoms with Crippen molar-refractivity contribution in [2.45, 2.75) is 39.2 Å². The van der Waals surface area contributed by atoms with Gasteiger partial charge in [-0.1, -0.05) is 31.0 Å². The predicted octanol–water partition coefficient (Wildman–Crippen LogP) is 3.60. The Kier molecular flexibility index (Phi) is 2.76. The van der Waals surface area contributed by atoms with Crippen molar-refractivity contribution in [2.75, 3.05) is 5.32 Å². The van der Waals surface area contributed by atoms with Crippen LogP contribution in [0, 0.1) is 12.8 Å². The Morgan fingerprint density at radius 3 is 2.43 bits per heavy atom. The summed E-state index contributed by atoms with van der Waals surface area (Å²) in [6.07, 6.45) is 4.09. The number of anilines is 1. The zero-order valence-electron chi connectivity index (χ0n) is 9.09. The molecule has 1 aromatic rings. The van der Waals surface area contributed by atoms with E-state index in [1.807, 2.05) is 0 Å². The molecule has 1 aliphatic carbocycles. The molecule has 14 heavy (non-hydrogen) atoms. The Hall–Kier alpha value is -0.980. The number of nitrogens with one attached hydrogen (secondary N) is 1. The predicted molar refractivity (Wildman–Crippen MR) is 61.6 cm³/mol. The van der Waals surface area contributed by atoms with E-state index in [0.717, 1.165) is 5.92 Å². The van der Waals surface area contributed by atoms with Crippen molar-refractivity contribution in [3.8, 4) is 0 Å². The van der Waals surface area contributed by atoms with Crippen LogP contribution in [-0.4, -0.2) is 6.04 Å². The van der Waals surface area contributed by atoms with Crippen LogP contribution in [0.2, 0.25) is 0 Å². The molecule has 1 N–H and O–H groups in total. The summed E-state index contributed by atoms with van der Waals surface area (Å²) < 4.78 is 0. The quantitative estimate of drug-likeness (QED) is 0.749. The Morgan fingerprint density at radius 2 is 1.86 bits per heavy atom. The largest absolute Gasteiger partial charge is 0.382 e. The van der Waals surface area contributed by atoms with Crippen molar-refractivity contribution < 1.29 is 0 Å². The third kappa shape index (κ3) is 2.09. The number of aryl methyl sites for hydroxylation is 1. The molecule has 0 radical (unpaired) electrons. The summed E-state index contributed by atoms with van der Waals surface area (Å²) in [5.74, 6) is 0.830. The van der Waals surface area contributed by atoms with Gasteiger partial charge in [-0.3, -0.25) is 0 Å². The summed E-state index contributed by atoms with van der Waals surface area (Å²) in [4.78, 5) is 0. The number of rotatable bonds is 2. The molecule has 1 aromatic carbocycles. The second-order valence-corrected chi connectivity index (χ2v) is 4.53. The van der Waals surface area contributed by atoms with Crippen LogP contribution in [-0.2, 0) is 0 Å². The zero-order chi connectivity index (χ0) is 9.97. The van der Waals surface area contributed by atoms with Crippen molar-refractivity contribution in [3.05, 3.63) is 29.8 Å². The zero-order valence-corrected chi connectivity index (χ0v) is 9.09. The van der Waals surface area contributed by atoms with Gasteiger partial charge in [0, 0.05) is 11.7 Å². The SMILES string of the molecule is Cc1ccc(N[C@H]2CCC[C@H]2C)cc1. The standard InChI is InChI=1S/C13H19N/c1-10-6-8-12(9-7-10)14-13-5-3-4-11(13)2/h6-9,11,13-14H,3-5H2,1-2H3/t11-,13+/m1/s1. The van der Waals surface area contributed by atoms with Gasteiger partial charge in [-0.2, -0.15) is 0 Å². The van der Waals surface area contributed by atoms with Crippen molar-refractivity contribution in [1.29, 1.82) is 0 Å². The van der Waals surface area contributed by atoms with Gasteiger partial charge in [-0.05, 0) is 37.8 Å². The molecular formula is C13H19N. The van der Waals surface area contributed by atoms with Crippen molar-refractivity contribution in [2.24, 2.45) is 5.92 Å². The van der Waals surface area contributed by atoms with E-state index in [9.17, 15) is 0 Å². The molecule has 2 atom stereocenters. The summed E-state index contributed by atoms with van der Waals surface area (Å²) >= 11 is 0. The molecule has 1 heteroatoms. The fourth-order valence-corrected chi connectivity index (χ4v) is 2.22. The van der Waals surface area contributed by atoms with E-state index < -0.39 is 0 Å². The lowest BCUT2D eigenvalue weighted by molar-refractivity contribution is 0.556. The van der Waals surface area contributed by atoms with Crippen LogP contribution in [0.5, 0.6) is 0 Å². The molecule has 0 saturated heterocycles. The van der Waals surface area contributed by atoms with E-state index in [-0.39, 0.29) is 0 Å². The lowest BCUT2D eigenvalue weighted by atomic mass is 10.1. The second-order valence-electron chi connectivity index (χ2n) is 4.53. The highest BCUT2D eigenvalue weighted by atomic mass is 14.9. The molecule has 0 aliphatic heterocycles. The van der Waals surface area contributed by atoms with E-state index in [1.165, 1.54) is 30.5 Å². The van der Waals surface area contributed by atoms with Gasteiger partial charge in [0.25, 0.3) is 0 Å². The van der Waals surface area contributed by atoms with Crippen LogP contribution < -0.4 is 5.32 Å². The van der Waals surface area contributed by atoms with E-state index in [0.29, 0.717) is 6.04 Å². The lowest BCUT2D eigenvalue weighted by Crippen LogP contribution is -2.21. The first-order valence-corrected chi connectivity index (χ1v) is 5.59. The van der Waals surface area contributed by atoms with Crippen molar-refractivity contribution in [3.63, 3.8) is 0 Å². The first-order chi connectivity index (χ1) is 6.75. The highest BCUT2D eigenvalue weighted by molar-refractivity contribution is 5.45. The van der Waals surface area contributed by atoms with Gasteiger partial charge in [0.05, 0.1) is 0 Å². The monoisotopic (exact) mass is 189 g/mol. The van der Waals surface area contributed by atoms with E-state index in [4.69, 9.17) is 0 Å². The van der Waals surface area contributed by atoms with E-state index in [1.54, 1.807) is 0 Å². The summed E-state index contributed by atoms with van der Waals surface area (Å²) in [5.41, 5.74) is 2.60. The van der Waals surface area contributed by atoms with Crippen LogP contribution in [0.1, 0.15) is 31.7 Å². The number of benzene rings is 1. The third-order valence-electron chi connectivity index (χ3n) is 3.27. The minimum Gasteiger partial charge on any atom is -0.382 e. The van der Waals surface area contributed by atoms with Gasteiger partial charge in [-0.25, -0.2) is 0 Å². The highest BCUT2D eigenvalue weighted by Gasteiger charge is 2.22. The smallest absolute Gasteiger partial charge is 0.0342 e. The fourth-order valence-electron chi connectivity index (χ4n) is 2.22. The van der Waals surface area contributed by atoms with E-state index in [2.05, 4.69) is 43.4 Å².